The largest absolute Gasteiger partial charge is 0.477 e. The number of hydrogen-bond acceptors (Lipinski definition) is 6. The van der Waals surface area contributed by atoms with Gasteiger partial charge in [0.2, 0.25) is 0 Å². The molecule has 0 rings (SSSR count). The first-order valence-corrected chi connectivity index (χ1v) is 23.2. The van der Waals surface area contributed by atoms with Gasteiger partial charge in [0, 0.05) is 19.3 Å². The second kappa shape index (κ2) is 40.1. The van der Waals surface area contributed by atoms with Gasteiger partial charge in [-0.2, -0.15) is 0 Å². The van der Waals surface area contributed by atoms with Gasteiger partial charge in [0.15, 0.2) is 12.1 Å². The Morgan fingerprint density at radius 3 is 1.46 bits per heavy atom. The van der Waals surface area contributed by atoms with E-state index in [1.165, 1.54) is 96.3 Å². The second-order valence-electron chi connectivity index (χ2n) is 16.7. The van der Waals surface area contributed by atoms with Gasteiger partial charge in [-0.15, -0.1) is 0 Å². The fourth-order valence-electron chi connectivity index (χ4n) is 6.75. The van der Waals surface area contributed by atoms with E-state index in [1.54, 1.807) is 0 Å². The van der Waals surface area contributed by atoms with E-state index in [0.29, 0.717) is 19.3 Å². The van der Waals surface area contributed by atoms with Crippen molar-refractivity contribution in [1.82, 2.24) is 0 Å². The zero-order chi connectivity index (χ0) is 42.1. The summed E-state index contributed by atoms with van der Waals surface area (Å²) in [6, 6.07) is -0.619. The lowest BCUT2D eigenvalue weighted by Gasteiger charge is -2.31. The van der Waals surface area contributed by atoms with Crippen LogP contribution in [0, 0.1) is 0 Å². The Morgan fingerprint density at radius 1 is 0.544 bits per heavy atom. The highest BCUT2D eigenvalue weighted by molar-refractivity contribution is 5.72. The van der Waals surface area contributed by atoms with E-state index in [-0.39, 0.29) is 36.2 Å². The van der Waals surface area contributed by atoms with Gasteiger partial charge in [-0.05, 0) is 32.1 Å². The average Bonchev–Trinajstić information content (AvgIpc) is 3.17. The zero-order valence-corrected chi connectivity index (χ0v) is 37.5. The van der Waals surface area contributed by atoms with Crippen molar-refractivity contribution in [3.05, 3.63) is 48.6 Å². The van der Waals surface area contributed by atoms with Gasteiger partial charge in [-0.3, -0.25) is 9.59 Å². The van der Waals surface area contributed by atoms with E-state index < -0.39 is 18.1 Å². The molecule has 0 saturated heterocycles. The van der Waals surface area contributed by atoms with Crippen LogP contribution in [0.25, 0.3) is 0 Å². The highest BCUT2D eigenvalue weighted by atomic mass is 16.6. The monoisotopic (exact) mass is 803 g/mol. The third-order valence-corrected chi connectivity index (χ3v) is 10.3. The van der Waals surface area contributed by atoms with Crippen molar-refractivity contribution in [3.8, 4) is 0 Å². The maximum absolute atomic E-state index is 12.7. The topological polar surface area (TPSA) is 99.1 Å². The van der Waals surface area contributed by atoms with Crippen molar-refractivity contribution in [2.24, 2.45) is 0 Å². The minimum absolute atomic E-state index is 0.0522. The molecule has 0 heterocycles. The molecule has 0 radical (unpaired) electrons. The number of carboxylic acids is 1. The molecular formula is C49H88NO7+. The van der Waals surface area contributed by atoms with Crippen molar-refractivity contribution >= 4 is 17.9 Å². The second-order valence-corrected chi connectivity index (χ2v) is 16.7. The summed E-state index contributed by atoms with van der Waals surface area (Å²) in [6.45, 7) is 4.59. The molecule has 330 valence electrons. The highest BCUT2D eigenvalue weighted by Gasteiger charge is 2.31. The Bertz CT molecular complexity index is 1070. The number of carboxylic acid groups (broad SMARTS) is 1. The van der Waals surface area contributed by atoms with Crippen LogP contribution in [0.5, 0.6) is 0 Å². The molecule has 0 aliphatic rings. The molecule has 0 bridgehead atoms. The van der Waals surface area contributed by atoms with Crippen LogP contribution in [0.4, 0.5) is 0 Å². The SMILES string of the molecule is CC/C=C/C=C/C=C/C=C/CCCCCCCC(=O)OC(COCCC(C(=O)O)[N+](C)(C)C)COC(=O)CCCCCCCCCCCCCCCCCCCC. The number of carbonyl (C=O) groups excluding carboxylic acids is 2. The number of rotatable bonds is 41. The van der Waals surface area contributed by atoms with Gasteiger partial charge in [-0.25, -0.2) is 4.79 Å². The average molecular weight is 803 g/mol. The first-order valence-electron chi connectivity index (χ1n) is 23.2. The van der Waals surface area contributed by atoms with Crippen LogP contribution >= 0.6 is 0 Å². The van der Waals surface area contributed by atoms with Crippen LogP contribution in [0.1, 0.15) is 194 Å². The Balaban J connectivity index is 4.31. The van der Waals surface area contributed by atoms with Crippen molar-refractivity contribution < 1.29 is 38.2 Å². The zero-order valence-electron chi connectivity index (χ0n) is 37.5. The molecule has 0 aliphatic carbocycles. The maximum Gasteiger partial charge on any atom is 0.362 e. The molecule has 0 aromatic heterocycles. The van der Waals surface area contributed by atoms with Crippen LogP contribution in [0.3, 0.4) is 0 Å². The van der Waals surface area contributed by atoms with Gasteiger partial charge < -0.3 is 23.8 Å². The van der Waals surface area contributed by atoms with E-state index in [4.69, 9.17) is 14.2 Å². The Morgan fingerprint density at radius 2 is 0.982 bits per heavy atom. The van der Waals surface area contributed by atoms with Gasteiger partial charge in [0.25, 0.3) is 0 Å². The minimum atomic E-state index is -0.879. The number of hydrogen-bond donors (Lipinski definition) is 1. The number of likely N-dealkylation sites (N-methyl/N-ethyl adjacent to an activating group) is 1. The summed E-state index contributed by atoms with van der Waals surface area (Å²) in [4.78, 5) is 37.0. The molecule has 0 aliphatic heterocycles. The molecule has 0 amide bonds. The predicted octanol–water partition coefficient (Wildman–Crippen LogP) is 12.8. The van der Waals surface area contributed by atoms with Crippen molar-refractivity contribution in [1.29, 1.82) is 0 Å². The normalized spacial score (nSPS) is 13.4. The van der Waals surface area contributed by atoms with Crippen LogP contribution in [-0.2, 0) is 28.6 Å². The summed E-state index contributed by atoms with van der Waals surface area (Å²) in [7, 11) is 5.52. The summed E-state index contributed by atoms with van der Waals surface area (Å²) < 4.78 is 17.3. The number of nitrogens with zero attached hydrogens (tertiary/aromatic N) is 1. The van der Waals surface area contributed by atoms with Crippen LogP contribution in [0.15, 0.2) is 48.6 Å². The summed E-state index contributed by atoms with van der Waals surface area (Å²) in [5.74, 6) is -1.49. The van der Waals surface area contributed by atoms with Crippen molar-refractivity contribution in [2.45, 2.75) is 206 Å². The van der Waals surface area contributed by atoms with E-state index >= 15 is 0 Å². The van der Waals surface area contributed by atoms with Gasteiger partial charge in [0.1, 0.15) is 6.61 Å². The standard InChI is InChI=1S/C49H87NO7/c1-6-8-10-12-14-16-18-20-22-23-24-26-27-29-31-33-35-37-39-47(51)56-44-45(43-55-42-41-46(49(53)54)50(3,4)5)57-48(52)40-38-36-34-32-30-28-25-21-19-17-15-13-11-9-7-2/h9,11,13,15,17,19,21,25,45-46H,6-8,10,12,14,16,18,20,22-24,26-44H2,1-5H3/p+1/b11-9+,15-13+,19-17+,25-21+. The number of carbonyl (C=O) groups is 3. The third-order valence-electron chi connectivity index (χ3n) is 10.3. The lowest BCUT2D eigenvalue weighted by molar-refractivity contribution is -0.887. The first kappa shape index (κ1) is 54.3. The Kier molecular flexibility index (Phi) is 38.2. The summed E-state index contributed by atoms with van der Waals surface area (Å²) >= 11 is 0. The molecule has 8 nitrogen and oxygen atoms in total. The van der Waals surface area contributed by atoms with Gasteiger partial charge in [0.05, 0.1) is 34.4 Å². The molecule has 0 aromatic rings. The number of quaternary nitrogens is 1. The van der Waals surface area contributed by atoms with E-state index in [9.17, 15) is 19.5 Å². The summed E-state index contributed by atoms with van der Waals surface area (Å²) in [5.41, 5.74) is 0. The maximum atomic E-state index is 12.7. The molecular weight excluding hydrogens is 715 g/mol. The van der Waals surface area contributed by atoms with E-state index in [2.05, 4.69) is 38.2 Å². The molecule has 2 atom stereocenters. The molecule has 0 saturated carbocycles. The highest BCUT2D eigenvalue weighted by Crippen LogP contribution is 2.16. The van der Waals surface area contributed by atoms with E-state index in [1.807, 2.05) is 45.4 Å². The fraction of sp³-hybridized carbons (Fsp3) is 0.776. The number of allylic oxidation sites excluding steroid dienone is 8. The smallest absolute Gasteiger partial charge is 0.362 e. The lowest BCUT2D eigenvalue weighted by atomic mass is 10.0. The van der Waals surface area contributed by atoms with Crippen LogP contribution < -0.4 is 0 Å². The van der Waals surface area contributed by atoms with Gasteiger partial charge in [-0.1, -0.05) is 191 Å². The van der Waals surface area contributed by atoms with Crippen molar-refractivity contribution in [3.63, 3.8) is 0 Å². The molecule has 0 spiro atoms. The Hall–Kier alpha value is -2.71. The number of unbranched alkanes of at least 4 members (excludes halogenated alkanes) is 22. The number of esters is 2. The van der Waals surface area contributed by atoms with Crippen molar-refractivity contribution in [2.75, 3.05) is 41.0 Å². The molecule has 57 heavy (non-hydrogen) atoms. The number of ether oxygens (including phenoxy) is 3. The summed E-state index contributed by atoms with van der Waals surface area (Å²) in [5, 5.41) is 9.63. The molecule has 1 N–H and O–H groups in total. The number of aliphatic carboxylic acids is 1. The molecule has 0 aromatic carbocycles. The van der Waals surface area contributed by atoms with Crippen LogP contribution in [-0.4, -0.2) is 80.6 Å². The lowest BCUT2D eigenvalue weighted by Crippen LogP contribution is -2.50. The Labute approximate surface area is 350 Å². The third kappa shape index (κ3) is 38.6. The van der Waals surface area contributed by atoms with Gasteiger partial charge >= 0.3 is 17.9 Å². The molecule has 8 heteroatoms. The molecule has 0 fully saturated rings. The first-order chi connectivity index (χ1) is 27.6. The van der Waals surface area contributed by atoms with Crippen LogP contribution in [0.2, 0.25) is 0 Å². The molecule has 2 unspecified atom stereocenters. The summed E-state index contributed by atoms with van der Waals surface area (Å²) in [6.07, 6.45) is 47.2. The quantitative estimate of drug-likeness (QED) is 0.0284. The predicted molar refractivity (Wildman–Crippen MR) is 238 cm³/mol. The van der Waals surface area contributed by atoms with E-state index in [0.717, 1.165) is 64.2 Å². The fourth-order valence-corrected chi connectivity index (χ4v) is 6.75. The minimum Gasteiger partial charge on any atom is -0.477 e.